The van der Waals surface area contributed by atoms with Gasteiger partial charge in [-0.1, -0.05) is 12.1 Å². The Morgan fingerprint density at radius 3 is 2.82 bits per heavy atom. The second kappa shape index (κ2) is 4.28. The van der Waals surface area contributed by atoms with Gasteiger partial charge in [0.25, 0.3) is 0 Å². The Labute approximate surface area is 99.5 Å². The van der Waals surface area contributed by atoms with Gasteiger partial charge in [-0.05, 0) is 30.9 Å². The van der Waals surface area contributed by atoms with Crippen LogP contribution >= 0.6 is 0 Å². The minimum Gasteiger partial charge on any atom is -0.485 e. The molecule has 1 heterocycles. The van der Waals surface area contributed by atoms with Crippen molar-refractivity contribution in [1.29, 1.82) is 0 Å². The molecule has 4 heteroatoms. The van der Waals surface area contributed by atoms with E-state index in [2.05, 4.69) is 0 Å². The van der Waals surface area contributed by atoms with Gasteiger partial charge in [0.05, 0.1) is 6.61 Å². The molecule has 1 unspecified atom stereocenters. The molecule has 17 heavy (non-hydrogen) atoms. The molecule has 0 aromatic heterocycles. The van der Waals surface area contributed by atoms with E-state index in [1.165, 1.54) is 0 Å². The average Bonchev–Trinajstić information content (AvgIpc) is 3.19. The molecule has 90 valence electrons. The van der Waals surface area contributed by atoms with Crippen molar-refractivity contribution in [1.82, 2.24) is 0 Å². The zero-order chi connectivity index (χ0) is 11.7. The van der Waals surface area contributed by atoms with Crippen LogP contribution in [-0.4, -0.2) is 25.3 Å². The molecule has 1 fully saturated rings. The third-order valence-corrected chi connectivity index (χ3v) is 2.93. The standard InChI is InChI=1S/C13H14O4/c14-13(16-7-9-5-6-9)12-8-15-10-3-1-2-4-11(10)17-12/h1-4,9,12H,5-8H2. The zero-order valence-corrected chi connectivity index (χ0v) is 9.43. The Bertz CT molecular complexity index is 425. The van der Waals surface area contributed by atoms with Gasteiger partial charge in [-0.25, -0.2) is 4.79 Å². The highest BCUT2D eigenvalue weighted by atomic mass is 16.6. The molecule has 0 radical (unpaired) electrons. The molecule has 1 aliphatic heterocycles. The molecule has 1 aromatic carbocycles. The quantitative estimate of drug-likeness (QED) is 0.748. The normalized spacial score (nSPS) is 22.0. The molecule has 0 amide bonds. The molecule has 3 rings (SSSR count). The minimum absolute atomic E-state index is 0.223. The van der Waals surface area contributed by atoms with Gasteiger partial charge in [0, 0.05) is 0 Å². The first-order valence-electron chi connectivity index (χ1n) is 5.88. The Balaban J connectivity index is 1.60. The highest BCUT2D eigenvalue weighted by Crippen LogP contribution is 2.32. The lowest BCUT2D eigenvalue weighted by Gasteiger charge is -2.24. The predicted octanol–water partition coefficient (Wildman–Crippen LogP) is 1.78. The molecule has 0 saturated heterocycles. The summed E-state index contributed by atoms with van der Waals surface area (Å²) in [6, 6.07) is 7.32. The van der Waals surface area contributed by atoms with Crippen LogP contribution in [0.25, 0.3) is 0 Å². The van der Waals surface area contributed by atoms with E-state index in [0.29, 0.717) is 24.0 Å². The number of ether oxygens (including phenoxy) is 3. The van der Waals surface area contributed by atoms with Crippen LogP contribution < -0.4 is 9.47 Å². The molecule has 1 saturated carbocycles. The zero-order valence-electron chi connectivity index (χ0n) is 9.43. The summed E-state index contributed by atoms with van der Waals surface area (Å²) in [7, 11) is 0. The monoisotopic (exact) mass is 234 g/mol. The third kappa shape index (κ3) is 2.35. The van der Waals surface area contributed by atoms with Crippen LogP contribution in [0.1, 0.15) is 12.8 Å². The first kappa shape index (κ1) is 10.4. The summed E-state index contributed by atoms with van der Waals surface area (Å²) >= 11 is 0. The lowest BCUT2D eigenvalue weighted by atomic mass is 10.2. The molecule has 1 atom stereocenters. The van der Waals surface area contributed by atoms with Crippen LogP contribution in [0.3, 0.4) is 0 Å². The topological polar surface area (TPSA) is 44.8 Å². The lowest BCUT2D eigenvalue weighted by molar-refractivity contribution is -0.155. The molecule has 0 spiro atoms. The number of para-hydroxylation sites is 2. The predicted molar refractivity (Wildman–Crippen MR) is 60.0 cm³/mol. The maximum absolute atomic E-state index is 11.7. The maximum atomic E-state index is 11.7. The van der Waals surface area contributed by atoms with Crippen LogP contribution in [0.5, 0.6) is 11.5 Å². The number of fused-ring (bicyclic) bond motifs is 1. The van der Waals surface area contributed by atoms with E-state index in [4.69, 9.17) is 14.2 Å². The summed E-state index contributed by atoms with van der Waals surface area (Å²) < 4.78 is 16.2. The number of hydrogen-bond donors (Lipinski definition) is 0. The van der Waals surface area contributed by atoms with Crippen molar-refractivity contribution in [2.45, 2.75) is 18.9 Å². The third-order valence-electron chi connectivity index (χ3n) is 2.93. The summed E-state index contributed by atoms with van der Waals surface area (Å²) in [5.74, 6) is 1.52. The number of esters is 1. The summed E-state index contributed by atoms with van der Waals surface area (Å²) in [6.45, 7) is 0.737. The first-order valence-corrected chi connectivity index (χ1v) is 5.88. The van der Waals surface area contributed by atoms with E-state index < -0.39 is 6.10 Å². The molecular formula is C13H14O4. The van der Waals surface area contributed by atoms with Crippen molar-refractivity contribution in [3.63, 3.8) is 0 Å². The number of carbonyl (C=O) groups is 1. The molecule has 4 nitrogen and oxygen atoms in total. The summed E-state index contributed by atoms with van der Waals surface area (Å²) in [5.41, 5.74) is 0. The van der Waals surface area contributed by atoms with Crippen molar-refractivity contribution in [2.75, 3.05) is 13.2 Å². The van der Waals surface area contributed by atoms with Gasteiger partial charge in [-0.2, -0.15) is 0 Å². The Morgan fingerprint density at radius 1 is 1.29 bits per heavy atom. The molecular weight excluding hydrogens is 220 g/mol. The molecule has 1 aliphatic carbocycles. The lowest BCUT2D eigenvalue weighted by Crippen LogP contribution is -2.38. The molecule has 0 bridgehead atoms. The van der Waals surface area contributed by atoms with Crippen molar-refractivity contribution < 1.29 is 19.0 Å². The Morgan fingerprint density at radius 2 is 2.06 bits per heavy atom. The summed E-state index contributed by atoms with van der Waals surface area (Å²) in [4.78, 5) is 11.7. The average molecular weight is 234 g/mol. The van der Waals surface area contributed by atoms with Crippen molar-refractivity contribution >= 4 is 5.97 Å². The van der Waals surface area contributed by atoms with Gasteiger partial charge in [0.1, 0.15) is 6.61 Å². The summed E-state index contributed by atoms with van der Waals surface area (Å²) in [5, 5.41) is 0. The van der Waals surface area contributed by atoms with E-state index in [0.717, 1.165) is 12.8 Å². The minimum atomic E-state index is -0.636. The van der Waals surface area contributed by atoms with E-state index >= 15 is 0 Å². The first-order chi connectivity index (χ1) is 8.33. The van der Waals surface area contributed by atoms with Crippen LogP contribution in [-0.2, 0) is 9.53 Å². The smallest absolute Gasteiger partial charge is 0.350 e. The van der Waals surface area contributed by atoms with E-state index in [1.54, 1.807) is 6.07 Å². The van der Waals surface area contributed by atoms with Gasteiger partial charge < -0.3 is 14.2 Å². The maximum Gasteiger partial charge on any atom is 0.350 e. The highest BCUT2D eigenvalue weighted by molar-refractivity contribution is 5.76. The second-order valence-corrected chi connectivity index (χ2v) is 4.44. The van der Waals surface area contributed by atoms with Gasteiger partial charge in [0.15, 0.2) is 11.5 Å². The van der Waals surface area contributed by atoms with Crippen LogP contribution in [0.4, 0.5) is 0 Å². The number of benzene rings is 1. The van der Waals surface area contributed by atoms with Gasteiger partial charge in [-0.15, -0.1) is 0 Å². The van der Waals surface area contributed by atoms with Crippen LogP contribution in [0.15, 0.2) is 24.3 Å². The van der Waals surface area contributed by atoms with Gasteiger partial charge in [-0.3, -0.25) is 0 Å². The number of hydrogen-bond acceptors (Lipinski definition) is 4. The van der Waals surface area contributed by atoms with Crippen LogP contribution in [0.2, 0.25) is 0 Å². The Kier molecular flexibility index (Phi) is 2.63. The largest absolute Gasteiger partial charge is 0.485 e. The fraction of sp³-hybridized carbons (Fsp3) is 0.462. The van der Waals surface area contributed by atoms with E-state index in [-0.39, 0.29) is 12.6 Å². The SMILES string of the molecule is O=C(OCC1CC1)C1COc2ccccc2O1. The highest BCUT2D eigenvalue weighted by Gasteiger charge is 2.30. The van der Waals surface area contributed by atoms with Crippen molar-refractivity contribution in [3.05, 3.63) is 24.3 Å². The molecule has 1 aromatic rings. The fourth-order valence-electron chi connectivity index (χ4n) is 1.71. The van der Waals surface area contributed by atoms with E-state index in [1.807, 2.05) is 18.2 Å². The summed E-state index contributed by atoms with van der Waals surface area (Å²) in [6.07, 6.45) is 1.69. The molecule has 2 aliphatic rings. The van der Waals surface area contributed by atoms with Crippen LogP contribution in [0, 0.1) is 5.92 Å². The molecule has 0 N–H and O–H groups in total. The van der Waals surface area contributed by atoms with E-state index in [9.17, 15) is 4.79 Å². The van der Waals surface area contributed by atoms with Gasteiger partial charge >= 0.3 is 5.97 Å². The number of carbonyl (C=O) groups excluding carboxylic acids is 1. The fourth-order valence-corrected chi connectivity index (χ4v) is 1.71. The second-order valence-electron chi connectivity index (χ2n) is 4.44. The van der Waals surface area contributed by atoms with Crippen molar-refractivity contribution in [3.8, 4) is 11.5 Å². The number of rotatable bonds is 3. The Hall–Kier alpha value is -1.71. The van der Waals surface area contributed by atoms with Gasteiger partial charge in [0.2, 0.25) is 6.10 Å². The van der Waals surface area contributed by atoms with Crippen molar-refractivity contribution in [2.24, 2.45) is 5.92 Å².